The molecule has 0 unspecified atom stereocenters. The van der Waals surface area contributed by atoms with Crippen LogP contribution in [0.2, 0.25) is 0 Å². The Labute approximate surface area is 115 Å². The highest BCUT2D eigenvalue weighted by atomic mass is 16.2. The van der Waals surface area contributed by atoms with E-state index in [1.54, 1.807) is 0 Å². The van der Waals surface area contributed by atoms with Crippen LogP contribution in [0.1, 0.15) is 26.7 Å². The quantitative estimate of drug-likeness (QED) is 0.233. The zero-order valence-electron chi connectivity index (χ0n) is 12.3. The molecule has 0 aromatic rings. The zero-order valence-corrected chi connectivity index (χ0v) is 12.3. The Morgan fingerprint density at radius 1 is 1.47 bits per heavy atom. The molecule has 1 rings (SSSR count). The summed E-state index contributed by atoms with van der Waals surface area (Å²) in [5.41, 5.74) is 5.45. The number of piperidine rings is 1. The third-order valence-corrected chi connectivity index (χ3v) is 2.47. The maximum Gasteiger partial charge on any atom is 0.321 e. The highest BCUT2D eigenvalue weighted by Gasteiger charge is 2.18. The Morgan fingerprint density at radius 3 is 2.63 bits per heavy atom. The number of nitrogens with one attached hydrogen (secondary N) is 2. The summed E-state index contributed by atoms with van der Waals surface area (Å²) in [4.78, 5) is 13.7. The second-order valence-electron chi connectivity index (χ2n) is 4.26. The minimum Gasteiger partial charge on any atom is -0.368 e. The van der Waals surface area contributed by atoms with E-state index in [-0.39, 0.29) is 18.0 Å². The molecule has 0 saturated carbocycles. The Balaban J connectivity index is 0.00000154. The van der Waals surface area contributed by atoms with Crippen LogP contribution in [0, 0.1) is 0 Å². The Bertz CT molecular complexity index is 293. The molecule has 1 atom stereocenters. The maximum absolute atomic E-state index is 11.5. The van der Waals surface area contributed by atoms with E-state index in [2.05, 4.69) is 20.6 Å². The summed E-state index contributed by atoms with van der Waals surface area (Å²) in [5, 5.41) is 9.93. The molecule has 1 aliphatic rings. The molecule has 6 N–H and O–H groups in total. The fraction of sp³-hybridized carbons (Fsp3) is 0.818. The minimum absolute atomic E-state index is 0.0309. The van der Waals surface area contributed by atoms with Crippen LogP contribution in [0.5, 0.6) is 0 Å². The molecule has 0 aromatic heterocycles. The third-order valence-electron chi connectivity index (χ3n) is 2.47. The fourth-order valence-electron chi connectivity index (χ4n) is 1.82. The summed E-state index contributed by atoms with van der Waals surface area (Å²) in [5.74, 6) is 5.23. The van der Waals surface area contributed by atoms with Crippen LogP contribution in [0.15, 0.2) is 5.10 Å². The van der Waals surface area contributed by atoms with Gasteiger partial charge in [-0.1, -0.05) is 13.8 Å². The van der Waals surface area contributed by atoms with Crippen molar-refractivity contribution in [3.63, 3.8) is 0 Å². The molecule has 0 aromatic carbocycles. The van der Waals surface area contributed by atoms with E-state index in [0.717, 1.165) is 31.0 Å². The molecule has 0 radical (unpaired) electrons. The first kappa shape index (κ1) is 17.5. The predicted molar refractivity (Wildman–Crippen MR) is 77.1 cm³/mol. The number of hydrazone groups is 1. The number of urea groups is 1. The van der Waals surface area contributed by atoms with Gasteiger partial charge in [0.2, 0.25) is 5.96 Å². The van der Waals surface area contributed by atoms with Crippen LogP contribution < -0.4 is 22.2 Å². The van der Waals surface area contributed by atoms with Crippen LogP contribution in [0.25, 0.3) is 0 Å². The monoisotopic (exact) mass is 273 g/mol. The highest BCUT2D eigenvalue weighted by molar-refractivity contribution is 5.95. The molecule has 0 aliphatic carbocycles. The predicted octanol–water partition coefficient (Wildman–Crippen LogP) is -0.559. The van der Waals surface area contributed by atoms with Gasteiger partial charge in [0.05, 0.1) is 0 Å². The maximum atomic E-state index is 11.5. The van der Waals surface area contributed by atoms with Crippen LogP contribution in [0.4, 0.5) is 4.79 Å². The average Bonchev–Trinajstić information content (AvgIpc) is 2.29. The number of likely N-dealkylation sites (tertiary alicyclic amines) is 1. The van der Waals surface area contributed by atoms with Crippen molar-refractivity contribution in [1.29, 1.82) is 0 Å². The minimum atomic E-state index is -0.353. The van der Waals surface area contributed by atoms with Gasteiger partial charge in [-0.15, -0.1) is 5.10 Å². The van der Waals surface area contributed by atoms with E-state index >= 15 is 0 Å². The first-order valence-corrected chi connectivity index (χ1v) is 6.56. The Morgan fingerprint density at radius 2 is 2.11 bits per heavy atom. The van der Waals surface area contributed by atoms with Crippen LogP contribution >= 0.6 is 0 Å². The highest BCUT2D eigenvalue weighted by Crippen LogP contribution is 2.07. The lowest BCUT2D eigenvalue weighted by atomic mass is 10.1. The van der Waals surface area contributed by atoms with E-state index in [4.69, 9.17) is 11.6 Å². The largest absolute Gasteiger partial charge is 0.368 e. The summed E-state index contributed by atoms with van der Waals surface area (Å²) < 4.78 is 0. The van der Waals surface area contributed by atoms with E-state index < -0.39 is 0 Å². The second kappa shape index (κ2) is 9.40. The zero-order chi connectivity index (χ0) is 14.8. The lowest BCUT2D eigenvalue weighted by Gasteiger charge is -2.30. The van der Waals surface area contributed by atoms with Crippen LogP contribution in [-0.2, 0) is 0 Å². The number of hydrogen-bond acceptors (Lipinski definition) is 5. The van der Waals surface area contributed by atoms with Gasteiger partial charge in [-0.3, -0.25) is 5.32 Å². The number of carbonyl (C=O) groups excluding carboxylic acids is 1. The number of rotatable bonds is 2. The van der Waals surface area contributed by atoms with Gasteiger partial charge in [0.15, 0.2) is 0 Å². The number of nitrogens with two attached hydrogens (primary N) is 2. The van der Waals surface area contributed by atoms with Gasteiger partial charge in [-0.05, 0) is 26.4 Å². The van der Waals surface area contributed by atoms with Crippen molar-refractivity contribution < 1.29 is 4.79 Å². The van der Waals surface area contributed by atoms with E-state index in [0.29, 0.717) is 0 Å². The van der Waals surface area contributed by atoms with Gasteiger partial charge >= 0.3 is 6.03 Å². The SMILES string of the molecule is CC.CN1CCC[C@@H](NC(=O)N/C(N)=N/N(C)N)C1. The van der Waals surface area contributed by atoms with Crippen molar-refractivity contribution in [1.82, 2.24) is 20.7 Å². The molecule has 1 heterocycles. The van der Waals surface area contributed by atoms with Crippen molar-refractivity contribution in [3.05, 3.63) is 0 Å². The standard InChI is InChI=1S/C9H21N7O.C2H6/c1-15-5-3-4-7(6-15)12-9(17)13-8(10)14-16(2)11;1-2/h7H,3-6,11H2,1-2H3,(H4,10,12,13,14,17);1-2H3/t7-;/m1./s1. The molecular formula is C11H27N7O. The fourth-order valence-corrected chi connectivity index (χ4v) is 1.82. The van der Waals surface area contributed by atoms with Crippen molar-refractivity contribution in [3.8, 4) is 0 Å². The molecule has 1 fully saturated rings. The lowest BCUT2D eigenvalue weighted by Crippen LogP contribution is -2.52. The molecule has 1 saturated heterocycles. The average molecular weight is 273 g/mol. The number of hydrazine groups is 1. The van der Waals surface area contributed by atoms with Crippen molar-refractivity contribution in [2.75, 3.05) is 27.2 Å². The number of carbonyl (C=O) groups is 1. The summed E-state index contributed by atoms with van der Waals surface area (Å²) in [6.45, 7) is 5.92. The van der Waals surface area contributed by atoms with Crippen molar-refractivity contribution in [2.24, 2.45) is 16.7 Å². The summed E-state index contributed by atoms with van der Waals surface area (Å²) >= 11 is 0. The van der Waals surface area contributed by atoms with Gasteiger partial charge in [-0.25, -0.2) is 15.8 Å². The van der Waals surface area contributed by atoms with Crippen LogP contribution in [0.3, 0.4) is 0 Å². The van der Waals surface area contributed by atoms with Gasteiger partial charge in [-0.2, -0.15) is 0 Å². The topological polar surface area (TPSA) is 112 Å². The third kappa shape index (κ3) is 8.22. The smallest absolute Gasteiger partial charge is 0.321 e. The van der Waals surface area contributed by atoms with E-state index in [1.165, 1.54) is 7.05 Å². The first-order chi connectivity index (χ1) is 8.97. The Hall–Kier alpha value is -1.54. The number of nitrogens with zero attached hydrogens (tertiary/aromatic N) is 3. The van der Waals surface area contributed by atoms with Gasteiger partial charge in [0, 0.05) is 19.6 Å². The van der Waals surface area contributed by atoms with E-state index in [9.17, 15) is 4.79 Å². The molecular weight excluding hydrogens is 246 g/mol. The van der Waals surface area contributed by atoms with Crippen LogP contribution in [-0.4, -0.2) is 55.2 Å². The van der Waals surface area contributed by atoms with Gasteiger partial charge < -0.3 is 16.0 Å². The second-order valence-corrected chi connectivity index (χ2v) is 4.26. The number of guanidine groups is 1. The Kier molecular flexibility index (Phi) is 8.64. The first-order valence-electron chi connectivity index (χ1n) is 6.56. The molecule has 19 heavy (non-hydrogen) atoms. The molecule has 2 amide bonds. The van der Waals surface area contributed by atoms with Gasteiger partial charge in [0.1, 0.15) is 0 Å². The molecule has 0 spiro atoms. The van der Waals surface area contributed by atoms with Crippen molar-refractivity contribution in [2.45, 2.75) is 32.7 Å². The van der Waals surface area contributed by atoms with Gasteiger partial charge in [0.25, 0.3) is 0 Å². The molecule has 8 nitrogen and oxygen atoms in total. The molecule has 1 aliphatic heterocycles. The summed E-state index contributed by atoms with van der Waals surface area (Å²) in [7, 11) is 3.55. The normalized spacial score (nSPS) is 20.1. The van der Waals surface area contributed by atoms with Crippen molar-refractivity contribution >= 4 is 12.0 Å². The summed E-state index contributed by atoms with van der Waals surface area (Å²) in [6.07, 6.45) is 2.06. The number of likely N-dealkylation sites (N-methyl/N-ethyl adjacent to an activating group) is 1. The lowest BCUT2D eigenvalue weighted by molar-refractivity contribution is 0.212. The number of hydrogen-bond donors (Lipinski definition) is 4. The molecule has 8 heteroatoms. The number of amides is 2. The van der Waals surface area contributed by atoms with E-state index in [1.807, 2.05) is 20.9 Å². The molecule has 112 valence electrons. The summed E-state index contributed by atoms with van der Waals surface area (Å²) in [6, 6.07) is -0.203. The molecule has 0 bridgehead atoms.